The number of aromatic amines is 1. The number of H-pyrrole nitrogens is 1. The molecule has 0 radical (unpaired) electrons. The van der Waals surface area contributed by atoms with Gasteiger partial charge in [-0.2, -0.15) is 0 Å². The fourth-order valence-corrected chi connectivity index (χ4v) is 2.47. The van der Waals surface area contributed by atoms with E-state index in [1.54, 1.807) is 24.4 Å². The van der Waals surface area contributed by atoms with Crippen molar-refractivity contribution in [2.45, 2.75) is 6.92 Å². The Morgan fingerprint density at radius 2 is 2.04 bits per heavy atom. The van der Waals surface area contributed by atoms with Crippen molar-refractivity contribution in [2.24, 2.45) is 0 Å². The highest BCUT2D eigenvalue weighted by Gasteiger charge is 2.12. The molecular formula is C18H17N3O2. The zero-order chi connectivity index (χ0) is 16.2. The first kappa shape index (κ1) is 14.8. The molecule has 5 heteroatoms. The molecule has 0 fully saturated rings. The summed E-state index contributed by atoms with van der Waals surface area (Å²) in [6, 6.07) is 12.9. The summed E-state index contributed by atoms with van der Waals surface area (Å²) in [5, 5.41) is 13.6. The number of aromatic nitrogens is 2. The maximum Gasteiger partial charge on any atom is 0.336 e. The summed E-state index contributed by atoms with van der Waals surface area (Å²) in [5.74, 6) is -0.165. The maximum atomic E-state index is 11.6. The fraction of sp³-hybridized carbons (Fsp3) is 0.111. The Morgan fingerprint density at radius 1 is 1.26 bits per heavy atom. The largest absolute Gasteiger partial charge is 0.478 e. The second-order valence-electron chi connectivity index (χ2n) is 5.10. The first-order valence-electron chi connectivity index (χ1n) is 7.41. The lowest BCUT2D eigenvalue weighted by atomic mass is 10.0. The number of anilines is 1. The number of carboxylic acid groups (broad SMARTS) is 1. The number of pyridine rings is 1. The van der Waals surface area contributed by atoms with E-state index >= 15 is 0 Å². The molecule has 0 aliphatic carbocycles. The van der Waals surface area contributed by atoms with E-state index in [0.29, 0.717) is 5.56 Å². The Morgan fingerprint density at radius 3 is 2.74 bits per heavy atom. The number of carbonyl (C=O) groups is 1. The van der Waals surface area contributed by atoms with Gasteiger partial charge in [-0.1, -0.05) is 30.3 Å². The lowest BCUT2D eigenvalue weighted by molar-refractivity contribution is -0.130. The Balaban J connectivity index is 2.06. The quantitative estimate of drug-likeness (QED) is 0.629. The second kappa shape index (κ2) is 6.36. The first-order valence-corrected chi connectivity index (χ1v) is 7.41. The van der Waals surface area contributed by atoms with Crippen molar-refractivity contribution < 1.29 is 9.90 Å². The van der Waals surface area contributed by atoms with Crippen LogP contribution in [0.4, 0.5) is 5.82 Å². The first-order chi connectivity index (χ1) is 11.2. The van der Waals surface area contributed by atoms with Crippen LogP contribution in [0.1, 0.15) is 18.1 Å². The molecule has 5 nitrogen and oxygen atoms in total. The Labute approximate surface area is 133 Å². The molecule has 0 unspecified atom stereocenters. The van der Waals surface area contributed by atoms with Gasteiger partial charge in [0.2, 0.25) is 0 Å². The standard InChI is InChI=1S/C18H17N3O2/c1-2-19-16-9-8-14-13(11-20-17(14)21-16)10-15(18(22)23)12-6-4-3-5-7-12/h3-11H,2H2,1H3,(H,22,23)(H2,19,20,21). The lowest BCUT2D eigenvalue weighted by Crippen LogP contribution is -1.99. The molecule has 3 N–H and O–H groups in total. The third-order valence-corrected chi connectivity index (χ3v) is 3.54. The van der Waals surface area contributed by atoms with Crippen LogP contribution in [0.15, 0.2) is 48.7 Å². The molecule has 0 atom stereocenters. The van der Waals surface area contributed by atoms with Crippen LogP contribution in [0, 0.1) is 0 Å². The molecule has 3 rings (SSSR count). The zero-order valence-corrected chi connectivity index (χ0v) is 12.7. The summed E-state index contributed by atoms with van der Waals surface area (Å²) >= 11 is 0. The van der Waals surface area contributed by atoms with E-state index in [-0.39, 0.29) is 5.57 Å². The number of nitrogens with one attached hydrogen (secondary N) is 2. The van der Waals surface area contributed by atoms with Crippen LogP contribution < -0.4 is 5.32 Å². The van der Waals surface area contributed by atoms with E-state index in [9.17, 15) is 9.90 Å². The summed E-state index contributed by atoms with van der Waals surface area (Å²) in [6.45, 7) is 2.80. The Hall–Kier alpha value is -3.08. The number of fused-ring (bicyclic) bond motifs is 1. The van der Waals surface area contributed by atoms with Crippen LogP contribution >= 0.6 is 0 Å². The van der Waals surface area contributed by atoms with Crippen molar-refractivity contribution in [2.75, 3.05) is 11.9 Å². The lowest BCUT2D eigenvalue weighted by Gasteiger charge is -2.03. The number of hydrogen-bond acceptors (Lipinski definition) is 3. The van der Waals surface area contributed by atoms with Crippen molar-refractivity contribution in [3.8, 4) is 0 Å². The van der Waals surface area contributed by atoms with Gasteiger partial charge in [-0.05, 0) is 30.7 Å². The highest BCUT2D eigenvalue weighted by atomic mass is 16.4. The Bertz CT molecular complexity index is 866. The monoisotopic (exact) mass is 307 g/mol. The topological polar surface area (TPSA) is 78.0 Å². The van der Waals surface area contributed by atoms with E-state index < -0.39 is 5.97 Å². The van der Waals surface area contributed by atoms with Gasteiger partial charge in [0.1, 0.15) is 11.5 Å². The highest BCUT2D eigenvalue weighted by molar-refractivity contribution is 6.21. The molecule has 116 valence electrons. The van der Waals surface area contributed by atoms with Gasteiger partial charge >= 0.3 is 5.97 Å². The van der Waals surface area contributed by atoms with Crippen LogP contribution in [0.2, 0.25) is 0 Å². The average Bonchev–Trinajstić information content (AvgIpc) is 2.95. The molecule has 0 aliphatic rings. The molecule has 2 aromatic heterocycles. The van der Waals surface area contributed by atoms with Gasteiger partial charge in [-0.25, -0.2) is 9.78 Å². The smallest absolute Gasteiger partial charge is 0.336 e. The maximum absolute atomic E-state index is 11.6. The van der Waals surface area contributed by atoms with E-state index in [0.717, 1.165) is 29.0 Å². The second-order valence-corrected chi connectivity index (χ2v) is 5.10. The predicted molar refractivity (Wildman–Crippen MR) is 92.2 cm³/mol. The van der Waals surface area contributed by atoms with E-state index in [4.69, 9.17) is 0 Å². The van der Waals surface area contributed by atoms with Crippen LogP contribution in [-0.4, -0.2) is 27.6 Å². The number of carboxylic acids is 1. The molecule has 3 aromatic rings. The van der Waals surface area contributed by atoms with Crippen molar-refractivity contribution in [3.05, 3.63) is 59.8 Å². The third-order valence-electron chi connectivity index (χ3n) is 3.54. The normalized spacial score (nSPS) is 11.6. The van der Waals surface area contributed by atoms with Crippen molar-refractivity contribution in [3.63, 3.8) is 0 Å². The number of aliphatic carboxylic acids is 1. The number of rotatable bonds is 5. The summed E-state index contributed by atoms with van der Waals surface area (Å²) < 4.78 is 0. The minimum absolute atomic E-state index is 0.252. The molecule has 0 amide bonds. The SMILES string of the molecule is CCNc1ccc2c(C=C(C(=O)O)c3ccccc3)c[nH]c2n1. The number of benzene rings is 1. The van der Waals surface area contributed by atoms with E-state index in [1.807, 2.05) is 37.3 Å². The summed E-state index contributed by atoms with van der Waals surface area (Å²) in [4.78, 5) is 19.2. The minimum atomic E-state index is -0.956. The van der Waals surface area contributed by atoms with E-state index in [1.165, 1.54) is 0 Å². The van der Waals surface area contributed by atoms with Gasteiger partial charge in [-0.3, -0.25) is 0 Å². The van der Waals surface area contributed by atoms with E-state index in [2.05, 4.69) is 15.3 Å². The molecule has 2 heterocycles. The predicted octanol–water partition coefficient (Wildman–Crippen LogP) is 3.62. The number of nitrogens with zero attached hydrogens (tertiary/aromatic N) is 1. The van der Waals surface area contributed by atoms with Crippen LogP contribution in [-0.2, 0) is 4.79 Å². The summed E-state index contributed by atoms with van der Waals surface area (Å²) in [7, 11) is 0. The van der Waals surface area contributed by atoms with Gasteiger partial charge in [0.15, 0.2) is 0 Å². The van der Waals surface area contributed by atoms with Crippen molar-refractivity contribution in [1.29, 1.82) is 0 Å². The molecule has 0 aliphatic heterocycles. The molecule has 0 saturated heterocycles. The van der Waals surface area contributed by atoms with Crippen molar-refractivity contribution in [1.82, 2.24) is 9.97 Å². The average molecular weight is 307 g/mol. The summed E-state index contributed by atoms with van der Waals surface area (Å²) in [6.07, 6.45) is 3.45. The third kappa shape index (κ3) is 3.08. The van der Waals surface area contributed by atoms with Gasteiger partial charge < -0.3 is 15.4 Å². The van der Waals surface area contributed by atoms with Gasteiger partial charge in [0.05, 0.1) is 5.57 Å². The molecular weight excluding hydrogens is 290 g/mol. The fourth-order valence-electron chi connectivity index (χ4n) is 2.47. The van der Waals surface area contributed by atoms with Gasteiger partial charge in [0.25, 0.3) is 0 Å². The molecule has 23 heavy (non-hydrogen) atoms. The van der Waals surface area contributed by atoms with Gasteiger partial charge in [-0.15, -0.1) is 0 Å². The highest BCUT2D eigenvalue weighted by Crippen LogP contribution is 2.24. The van der Waals surface area contributed by atoms with Crippen LogP contribution in [0.5, 0.6) is 0 Å². The Kier molecular flexibility index (Phi) is 4.10. The molecule has 0 saturated carbocycles. The summed E-state index contributed by atoms with van der Waals surface area (Å²) in [5.41, 5.74) is 2.46. The molecule has 0 spiro atoms. The van der Waals surface area contributed by atoms with Gasteiger partial charge in [0, 0.05) is 23.7 Å². The molecule has 0 bridgehead atoms. The van der Waals surface area contributed by atoms with Crippen LogP contribution in [0.25, 0.3) is 22.7 Å². The minimum Gasteiger partial charge on any atom is -0.478 e. The van der Waals surface area contributed by atoms with Crippen molar-refractivity contribution >= 4 is 34.5 Å². The van der Waals surface area contributed by atoms with Crippen LogP contribution in [0.3, 0.4) is 0 Å². The zero-order valence-electron chi connectivity index (χ0n) is 12.7. The molecule has 1 aromatic carbocycles. The number of hydrogen-bond donors (Lipinski definition) is 3.